The minimum Gasteiger partial charge on any atom is -0.382 e. The van der Waals surface area contributed by atoms with Gasteiger partial charge in [0.05, 0.1) is 66.4 Å². The second-order valence-electron chi connectivity index (χ2n) is 21.4. The molecule has 0 saturated carbocycles. The third-order valence-corrected chi connectivity index (χ3v) is 15.7. The maximum absolute atomic E-state index is 14.3. The van der Waals surface area contributed by atoms with Gasteiger partial charge in [-0.3, -0.25) is 19.7 Å². The number of aryl methyl sites for hydroxylation is 3. The number of fused-ring (bicyclic) bond motifs is 15. The zero-order valence-electron chi connectivity index (χ0n) is 58.2. The lowest BCUT2D eigenvalue weighted by Crippen LogP contribution is -2.33. The fraction of sp³-hybridized carbons (Fsp3) is 0.387. The largest absolute Gasteiger partial charge is 0.382 e. The van der Waals surface area contributed by atoms with Crippen molar-refractivity contribution in [3.63, 3.8) is 0 Å². The third-order valence-electron chi connectivity index (χ3n) is 15.7. The van der Waals surface area contributed by atoms with Crippen LogP contribution in [0.25, 0.3) is 28.3 Å². The smallest absolute Gasteiger partial charge is 0.256 e. The zero-order chi connectivity index (χ0) is 68.5. The van der Waals surface area contributed by atoms with Crippen molar-refractivity contribution < 1.29 is 34.4 Å². The Morgan fingerprint density at radius 2 is 0.833 bits per heavy atom. The van der Waals surface area contributed by atoms with Crippen molar-refractivity contribution in [2.75, 3.05) is 34.3 Å². The van der Waals surface area contributed by atoms with Gasteiger partial charge in [0.15, 0.2) is 16.9 Å². The van der Waals surface area contributed by atoms with E-state index < -0.39 is 85.8 Å². The van der Waals surface area contributed by atoms with Crippen molar-refractivity contribution in [1.29, 1.82) is 0 Å². The number of carbonyl (C=O) groups is 1. The molecule has 1 amide bonds. The zero-order valence-corrected chi connectivity index (χ0v) is 46.2. The van der Waals surface area contributed by atoms with E-state index in [1.165, 1.54) is 35.8 Å². The number of anilines is 3. The number of nitrogens with one attached hydrogen (secondary N) is 3. The summed E-state index contributed by atoms with van der Waals surface area (Å²) in [7, 11) is 0. The summed E-state index contributed by atoms with van der Waals surface area (Å²) in [5, 5.41) is 21.3. The van der Waals surface area contributed by atoms with E-state index in [1.807, 2.05) is 26.8 Å². The molecule has 6 aliphatic heterocycles. The van der Waals surface area contributed by atoms with Gasteiger partial charge in [-0.25, -0.2) is 41.7 Å². The van der Waals surface area contributed by atoms with Gasteiger partial charge in [0.1, 0.15) is 40.5 Å². The molecule has 9 aromatic rings. The molecule has 0 aliphatic carbocycles. The Kier molecular flexibility index (Phi) is 11.3. The maximum atomic E-state index is 14.3. The SMILES string of the molecule is [2H]C1([2H])c2ncc(F)cc2C2CCCN2c2ccn3ncc(c3n2)C(=C)N[C@H](C)C1([2H])[2H].[2H]C1([2H])c2ncc(F)cc2[C@@H]2CCCN2c2ccn3ncc(c3n2)C(=O)N[C@H](C)C1([2H])[2H].[2H]C1([2H])c2ncc(F)cc2[C@H]2CCCN2c2ccn3ncc(c3n2)C(=C)N[C@H](C)C1([2H])[2H]. The molecular formula is C62H67F3N18O. The summed E-state index contributed by atoms with van der Waals surface area (Å²) in [6, 6.07) is 4.75. The van der Waals surface area contributed by atoms with E-state index in [0.717, 1.165) is 37.9 Å². The first-order valence-electron chi connectivity index (χ1n) is 33.9. The van der Waals surface area contributed by atoms with Gasteiger partial charge in [-0.05, 0) is 151 Å². The van der Waals surface area contributed by atoms with Gasteiger partial charge in [-0.15, -0.1) is 0 Å². The van der Waals surface area contributed by atoms with Crippen LogP contribution in [0.3, 0.4) is 0 Å². The van der Waals surface area contributed by atoms with E-state index >= 15 is 0 Å². The van der Waals surface area contributed by atoms with Crippen molar-refractivity contribution in [2.24, 2.45) is 0 Å². The highest BCUT2D eigenvalue weighted by atomic mass is 19.1. The molecule has 6 bridgehead atoms. The van der Waals surface area contributed by atoms with Crippen LogP contribution in [0.2, 0.25) is 0 Å². The minimum absolute atomic E-state index is 0.0941. The van der Waals surface area contributed by atoms with Crippen LogP contribution in [0.4, 0.5) is 30.6 Å². The molecule has 6 aliphatic rings. The molecule has 15 rings (SSSR count). The van der Waals surface area contributed by atoms with Crippen LogP contribution in [0.5, 0.6) is 0 Å². The lowest BCUT2D eigenvalue weighted by molar-refractivity contribution is 0.0939. The standard InChI is InChI=1S/2C21H23FN6.C20H21FN6O/c2*1-13-5-6-18-16(10-15(22)11-23-18)19-4-3-8-27(19)20-7-9-28-21(26-20)17(12-24-28)14(2)25-13;1-12-4-5-16-14(9-13(21)10-22-16)17-3-2-7-26(17)18-6-8-27-19(25-18)15(11-23-27)20(28)24-12/h2*7,9-13,19,25H,2-6,8H2,1H3;6,8-12,17H,2-5,7H2,1H3,(H,24,28)/t13-,19?;13-,19-;12-,17+/m111/s1/i2*5D2,6D2;4D2,5D2. The van der Waals surface area contributed by atoms with Gasteiger partial charge in [-0.2, -0.15) is 15.3 Å². The lowest BCUT2D eigenvalue weighted by Gasteiger charge is -2.27. The minimum atomic E-state index is -2.62. The van der Waals surface area contributed by atoms with Crippen molar-refractivity contribution >= 4 is 51.7 Å². The van der Waals surface area contributed by atoms with Gasteiger partial charge in [-0.1, -0.05) is 13.2 Å². The number of carbonyl (C=O) groups excluding carboxylic acids is 1. The third kappa shape index (κ3) is 10.6. The van der Waals surface area contributed by atoms with E-state index in [-0.39, 0.29) is 40.3 Å². The number of rotatable bonds is 0. The first kappa shape index (κ1) is 41.9. The maximum Gasteiger partial charge on any atom is 0.256 e. The van der Waals surface area contributed by atoms with E-state index in [9.17, 15) is 18.0 Å². The van der Waals surface area contributed by atoms with E-state index in [4.69, 9.17) is 26.4 Å². The molecule has 0 aromatic carbocycles. The Labute approximate surface area is 501 Å². The average molecular weight is 1150 g/mol. The molecule has 1 unspecified atom stereocenters. The average Bonchev–Trinajstić information content (AvgIpc) is 1.16. The summed E-state index contributed by atoms with van der Waals surface area (Å²) >= 11 is 0. The van der Waals surface area contributed by atoms with Gasteiger partial charge < -0.3 is 30.7 Å². The summed E-state index contributed by atoms with van der Waals surface area (Å²) < 4.78 is 152. The van der Waals surface area contributed by atoms with Crippen LogP contribution in [0.1, 0.15) is 168 Å². The highest BCUT2D eigenvalue weighted by molar-refractivity contribution is 6.00. The first-order chi connectivity index (χ1) is 45.3. The molecule has 6 atom stereocenters. The van der Waals surface area contributed by atoms with Gasteiger partial charge in [0, 0.05) is 101 Å². The number of nitrogens with zero attached hydrogens (tertiary/aromatic N) is 15. The van der Waals surface area contributed by atoms with Crippen LogP contribution >= 0.6 is 0 Å². The summed E-state index contributed by atoms with van der Waals surface area (Å²) in [6.07, 6.45) is 1.88. The van der Waals surface area contributed by atoms with Crippen LogP contribution in [0.15, 0.2) is 105 Å². The van der Waals surface area contributed by atoms with Crippen molar-refractivity contribution in [3.05, 3.63) is 173 Å². The molecule has 432 valence electrons. The Hall–Kier alpha value is -8.95. The highest BCUT2D eigenvalue weighted by Gasteiger charge is 2.34. The van der Waals surface area contributed by atoms with Gasteiger partial charge in [0.25, 0.3) is 5.91 Å². The van der Waals surface area contributed by atoms with Crippen LogP contribution in [-0.2, 0) is 19.1 Å². The Balaban J connectivity index is 0.000000130. The molecule has 3 N–H and O–H groups in total. The van der Waals surface area contributed by atoms with Crippen molar-refractivity contribution in [3.8, 4) is 0 Å². The van der Waals surface area contributed by atoms with Crippen LogP contribution in [-0.4, -0.2) is 102 Å². The molecule has 19 nitrogen and oxygen atoms in total. The van der Waals surface area contributed by atoms with E-state index in [1.54, 1.807) is 59.9 Å². The molecular weight excluding hydrogens is 1070 g/mol. The fourth-order valence-electron chi connectivity index (χ4n) is 11.8. The molecule has 84 heavy (non-hydrogen) atoms. The monoisotopic (exact) mass is 1150 g/mol. The van der Waals surface area contributed by atoms with E-state index in [0.29, 0.717) is 107 Å². The van der Waals surface area contributed by atoms with Crippen LogP contribution < -0.4 is 30.7 Å². The number of hydrogen-bond donors (Lipinski definition) is 3. The van der Waals surface area contributed by atoms with Crippen molar-refractivity contribution in [2.45, 2.75) is 134 Å². The molecule has 0 radical (unpaired) electrons. The molecule has 9 aromatic heterocycles. The summed E-state index contributed by atoms with van der Waals surface area (Å²) in [4.78, 5) is 45.3. The predicted molar refractivity (Wildman–Crippen MR) is 315 cm³/mol. The normalized spacial score (nSPS) is 27.9. The van der Waals surface area contributed by atoms with E-state index in [2.05, 4.69) is 64.3 Å². The topological polar surface area (TPSA) is 192 Å². The number of pyridine rings is 3. The number of amides is 1. The molecule has 0 spiro atoms. The Morgan fingerprint density at radius 3 is 1.20 bits per heavy atom. The van der Waals surface area contributed by atoms with Gasteiger partial charge >= 0.3 is 0 Å². The predicted octanol–water partition coefficient (Wildman–Crippen LogP) is 9.67. The lowest BCUT2D eigenvalue weighted by atomic mass is 9.98. The van der Waals surface area contributed by atoms with Crippen molar-refractivity contribution in [1.82, 2.24) is 74.7 Å². The van der Waals surface area contributed by atoms with Crippen LogP contribution in [0, 0.1) is 17.5 Å². The highest BCUT2D eigenvalue weighted by Crippen LogP contribution is 2.41. The summed E-state index contributed by atoms with van der Waals surface area (Å²) in [5.41, 5.74) is 4.17. The Morgan fingerprint density at radius 1 is 0.500 bits per heavy atom. The first-order valence-corrected chi connectivity index (χ1v) is 27.9. The summed E-state index contributed by atoms with van der Waals surface area (Å²) in [5.74, 6) is -0.558. The molecule has 3 fully saturated rings. The Bertz CT molecular complexity index is 4140. The second kappa shape index (κ2) is 22.7. The number of halogens is 3. The second-order valence-corrected chi connectivity index (χ2v) is 21.4. The molecule has 22 heteroatoms. The quantitative estimate of drug-likeness (QED) is 0.130. The number of hydrogen-bond acceptors (Lipinski definition) is 15. The summed E-state index contributed by atoms with van der Waals surface area (Å²) in [6.45, 7) is 14.5. The molecule has 3 saturated heterocycles. The fourth-order valence-corrected chi connectivity index (χ4v) is 11.8. The van der Waals surface area contributed by atoms with Gasteiger partial charge in [0.2, 0.25) is 0 Å². The number of aromatic nitrogens is 12. The molecule has 15 heterocycles.